The van der Waals surface area contributed by atoms with Crippen LogP contribution >= 0.6 is 0 Å². The van der Waals surface area contributed by atoms with Crippen molar-refractivity contribution >= 4 is 11.6 Å². The summed E-state index contributed by atoms with van der Waals surface area (Å²) >= 11 is 0. The van der Waals surface area contributed by atoms with Gasteiger partial charge in [-0.2, -0.15) is 0 Å². The maximum atomic E-state index is 12.0. The number of aromatic nitrogens is 2. The monoisotopic (exact) mass is 340 g/mol. The van der Waals surface area contributed by atoms with Crippen molar-refractivity contribution in [1.29, 1.82) is 0 Å². The summed E-state index contributed by atoms with van der Waals surface area (Å²) in [5.74, 6) is 1.12. The van der Waals surface area contributed by atoms with Crippen LogP contribution in [0.2, 0.25) is 0 Å². The largest absolute Gasteiger partial charge is 0.330 e. The van der Waals surface area contributed by atoms with Crippen LogP contribution in [0, 0.1) is 0 Å². The number of unbranched alkanes of at least 4 members (excludes halogenated alkanes) is 3. The van der Waals surface area contributed by atoms with E-state index in [1.165, 1.54) is 18.5 Å². The van der Waals surface area contributed by atoms with Crippen LogP contribution in [0.5, 0.6) is 0 Å². The summed E-state index contributed by atoms with van der Waals surface area (Å²) in [5, 5.41) is 2.98. The van der Waals surface area contributed by atoms with Crippen molar-refractivity contribution < 1.29 is 4.79 Å². The number of anilines is 1. The van der Waals surface area contributed by atoms with Crippen molar-refractivity contribution in [3.63, 3.8) is 0 Å². The van der Waals surface area contributed by atoms with Crippen LogP contribution in [0.3, 0.4) is 0 Å². The molecule has 0 atom stereocenters. The average molecular weight is 340 g/mol. The molecule has 0 radical (unpaired) electrons. The van der Waals surface area contributed by atoms with Crippen molar-refractivity contribution in [3.8, 4) is 11.4 Å². The summed E-state index contributed by atoms with van der Waals surface area (Å²) in [5.41, 5.74) is 8.75. The van der Waals surface area contributed by atoms with Crippen LogP contribution in [0.4, 0.5) is 5.69 Å². The van der Waals surface area contributed by atoms with E-state index in [-0.39, 0.29) is 5.91 Å². The fraction of sp³-hybridized carbons (Fsp3) is 0.500. The van der Waals surface area contributed by atoms with Crippen LogP contribution in [0.25, 0.3) is 11.4 Å². The van der Waals surface area contributed by atoms with Crippen molar-refractivity contribution in [3.05, 3.63) is 36.2 Å². The molecular weight excluding hydrogens is 312 g/mol. The number of nitrogens with one attached hydrogen (secondary N) is 1. The average Bonchev–Trinajstić information content (AvgIpc) is 3.06. The lowest BCUT2D eigenvalue weighted by atomic mass is 10.1. The van der Waals surface area contributed by atoms with Gasteiger partial charge in [-0.1, -0.05) is 12.8 Å². The number of carbonyl (C=O) groups is 1. The molecule has 5 heteroatoms. The molecule has 0 saturated carbocycles. The van der Waals surface area contributed by atoms with Gasteiger partial charge < -0.3 is 15.6 Å². The third kappa shape index (κ3) is 4.69. The second-order valence-corrected chi connectivity index (χ2v) is 6.76. The van der Waals surface area contributed by atoms with Gasteiger partial charge in [-0.25, -0.2) is 4.98 Å². The fourth-order valence-corrected chi connectivity index (χ4v) is 3.38. The van der Waals surface area contributed by atoms with Crippen LogP contribution in [0.1, 0.15) is 50.6 Å². The molecule has 3 N–H and O–H groups in total. The zero-order chi connectivity index (χ0) is 17.5. The first-order valence-corrected chi connectivity index (χ1v) is 9.42. The van der Waals surface area contributed by atoms with E-state index in [1.54, 1.807) is 0 Å². The van der Waals surface area contributed by atoms with E-state index < -0.39 is 0 Å². The first-order valence-electron chi connectivity index (χ1n) is 9.42. The molecular formula is C20H28N4O. The lowest BCUT2D eigenvalue weighted by Gasteiger charge is -2.16. The van der Waals surface area contributed by atoms with Crippen molar-refractivity contribution in [2.75, 3.05) is 11.9 Å². The lowest BCUT2D eigenvalue weighted by Crippen LogP contribution is -2.11. The molecule has 5 nitrogen and oxygen atoms in total. The van der Waals surface area contributed by atoms with Gasteiger partial charge in [-0.05, 0) is 62.9 Å². The number of nitrogens with two attached hydrogens (primary N) is 1. The predicted octanol–water partition coefficient (Wildman–Crippen LogP) is 3.73. The second-order valence-electron chi connectivity index (χ2n) is 6.76. The van der Waals surface area contributed by atoms with E-state index in [9.17, 15) is 4.79 Å². The smallest absolute Gasteiger partial charge is 0.224 e. The van der Waals surface area contributed by atoms with Gasteiger partial charge in [0.1, 0.15) is 5.82 Å². The van der Waals surface area contributed by atoms with Gasteiger partial charge in [0.2, 0.25) is 5.91 Å². The molecule has 1 amide bonds. The number of hydrogen-bond acceptors (Lipinski definition) is 3. The zero-order valence-corrected chi connectivity index (χ0v) is 14.8. The van der Waals surface area contributed by atoms with Gasteiger partial charge in [0.15, 0.2) is 0 Å². The SMILES string of the molecule is NCCCCCCC(=O)Nc1ccc(-c2ncc3n2CCCC3)cc1. The Balaban J connectivity index is 1.54. The summed E-state index contributed by atoms with van der Waals surface area (Å²) in [6, 6.07) is 8.01. The van der Waals surface area contributed by atoms with E-state index >= 15 is 0 Å². The number of amides is 1. The quantitative estimate of drug-likeness (QED) is 0.719. The summed E-state index contributed by atoms with van der Waals surface area (Å²) in [6.45, 7) is 1.78. The summed E-state index contributed by atoms with van der Waals surface area (Å²) in [4.78, 5) is 16.6. The van der Waals surface area contributed by atoms with Gasteiger partial charge in [-0.15, -0.1) is 0 Å². The number of imidazole rings is 1. The Hall–Kier alpha value is -2.14. The van der Waals surface area contributed by atoms with Crippen LogP contribution in [-0.4, -0.2) is 22.0 Å². The summed E-state index contributed by atoms with van der Waals surface area (Å²) in [6.07, 6.45) is 10.3. The zero-order valence-electron chi connectivity index (χ0n) is 14.8. The van der Waals surface area contributed by atoms with Gasteiger partial charge in [0, 0.05) is 36.1 Å². The Bertz CT molecular complexity index is 690. The topological polar surface area (TPSA) is 72.9 Å². The number of benzene rings is 1. The highest BCUT2D eigenvalue weighted by molar-refractivity contribution is 5.90. The Morgan fingerprint density at radius 1 is 1.12 bits per heavy atom. The molecule has 3 rings (SSSR count). The minimum Gasteiger partial charge on any atom is -0.330 e. The lowest BCUT2D eigenvalue weighted by molar-refractivity contribution is -0.116. The first kappa shape index (κ1) is 17.7. The Morgan fingerprint density at radius 3 is 2.72 bits per heavy atom. The molecule has 0 aliphatic carbocycles. The summed E-state index contributed by atoms with van der Waals surface area (Å²) in [7, 11) is 0. The molecule has 2 heterocycles. The third-order valence-corrected chi connectivity index (χ3v) is 4.79. The van der Waals surface area contributed by atoms with Crippen LogP contribution < -0.4 is 11.1 Å². The Kier molecular flexibility index (Phi) is 6.23. The number of nitrogens with zero attached hydrogens (tertiary/aromatic N) is 2. The molecule has 134 valence electrons. The van der Waals surface area contributed by atoms with Crippen molar-refractivity contribution in [1.82, 2.24) is 9.55 Å². The molecule has 25 heavy (non-hydrogen) atoms. The van der Waals surface area contributed by atoms with E-state index in [0.29, 0.717) is 6.42 Å². The van der Waals surface area contributed by atoms with Gasteiger partial charge >= 0.3 is 0 Å². The number of aryl methyl sites for hydroxylation is 1. The van der Waals surface area contributed by atoms with E-state index in [4.69, 9.17) is 5.73 Å². The molecule has 1 aromatic heterocycles. The van der Waals surface area contributed by atoms with Gasteiger partial charge in [0.25, 0.3) is 0 Å². The number of rotatable bonds is 8. The number of fused-ring (bicyclic) bond motifs is 1. The minimum atomic E-state index is 0.0821. The van der Waals surface area contributed by atoms with E-state index in [1.807, 2.05) is 30.5 Å². The van der Waals surface area contributed by atoms with Crippen LogP contribution in [0.15, 0.2) is 30.5 Å². The minimum absolute atomic E-state index is 0.0821. The van der Waals surface area contributed by atoms with Crippen molar-refractivity contribution in [2.24, 2.45) is 5.73 Å². The normalized spacial score (nSPS) is 13.5. The molecule has 0 bridgehead atoms. The standard InChI is InChI=1S/C20H28N4O/c21-13-5-2-1-3-8-19(25)23-17-11-9-16(10-12-17)20-22-15-18-7-4-6-14-24(18)20/h9-12,15H,1-8,13-14,21H2,(H,23,25). The van der Waals surface area contributed by atoms with Gasteiger partial charge in [-0.3, -0.25) is 4.79 Å². The Morgan fingerprint density at radius 2 is 1.92 bits per heavy atom. The van der Waals surface area contributed by atoms with E-state index in [2.05, 4.69) is 14.9 Å². The molecule has 2 aromatic rings. The Labute approximate surface area is 149 Å². The highest BCUT2D eigenvalue weighted by atomic mass is 16.1. The highest BCUT2D eigenvalue weighted by Crippen LogP contribution is 2.25. The third-order valence-electron chi connectivity index (χ3n) is 4.79. The maximum Gasteiger partial charge on any atom is 0.224 e. The first-order chi connectivity index (χ1) is 12.3. The van der Waals surface area contributed by atoms with Gasteiger partial charge in [0.05, 0.1) is 0 Å². The molecule has 0 fully saturated rings. The molecule has 1 aliphatic heterocycles. The molecule has 0 spiro atoms. The maximum absolute atomic E-state index is 12.0. The molecule has 0 saturated heterocycles. The second kappa shape index (κ2) is 8.81. The number of hydrogen-bond donors (Lipinski definition) is 2. The number of carbonyl (C=O) groups excluding carboxylic acids is 1. The summed E-state index contributed by atoms with van der Waals surface area (Å²) < 4.78 is 2.32. The van der Waals surface area contributed by atoms with E-state index in [0.717, 1.165) is 62.3 Å². The fourth-order valence-electron chi connectivity index (χ4n) is 3.38. The molecule has 1 aromatic carbocycles. The molecule has 0 unspecified atom stereocenters. The highest BCUT2D eigenvalue weighted by Gasteiger charge is 2.15. The molecule has 1 aliphatic rings. The van der Waals surface area contributed by atoms with Crippen molar-refractivity contribution in [2.45, 2.75) is 57.9 Å². The van der Waals surface area contributed by atoms with Crippen LogP contribution in [-0.2, 0) is 17.8 Å². The predicted molar refractivity (Wildman–Crippen MR) is 101 cm³/mol.